The third kappa shape index (κ3) is 10.7. The van der Waals surface area contributed by atoms with Crippen LogP contribution in [0.4, 0.5) is 0 Å². The van der Waals surface area contributed by atoms with Crippen molar-refractivity contribution in [3.63, 3.8) is 0 Å². The average Bonchev–Trinajstić information content (AvgIpc) is 2.01. The van der Waals surface area contributed by atoms with E-state index in [1.165, 1.54) is 0 Å². The molecule has 13 heavy (non-hydrogen) atoms. The Hall–Kier alpha value is 0.800. The van der Waals surface area contributed by atoms with Crippen molar-refractivity contribution in [3.05, 3.63) is 0 Å². The molecule has 0 saturated heterocycles. The van der Waals surface area contributed by atoms with E-state index < -0.39 is 7.82 Å². The van der Waals surface area contributed by atoms with Gasteiger partial charge < -0.3 is 9.79 Å². The van der Waals surface area contributed by atoms with Crippen LogP contribution in [0.1, 0.15) is 19.8 Å². The van der Waals surface area contributed by atoms with Crippen LogP contribution in [0, 0.1) is 0 Å². The van der Waals surface area contributed by atoms with E-state index in [9.17, 15) is 4.57 Å². The zero-order valence-electron chi connectivity index (χ0n) is 7.52. The van der Waals surface area contributed by atoms with Crippen LogP contribution < -0.4 is 0 Å². The Morgan fingerprint density at radius 3 is 2.54 bits per heavy atom. The monoisotopic (exact) mass is 323 g/mol. The SMILES string of the molecule is CCN(I)CCCCOP(=O)(O)O. The fourth-order valence-corrected chi connectivity index (χ4v) is 1.44. The van der Waals surface area contributed by atoms with E-state index in [-0.39, 0.29) is 6.61 Å². The van der Waals surface area contributed by atoms with Gasteiger partial charge in [0.15, 0.2) is 0 Å². The zero-order valence-corrected chi connectivity index (χ0v) is 10.6. The molecule has 5 nitrogen and oxygen atoms in total. The van der Waals surface area contributed by atoms with E-state index in [1.807, 2.05) is 0 Å². The molecule has 0 unspecified atom stereocenters. The van der Waals surface area contributed by atoms with E-state index in [2.05, 4.69) is 37.4 Å². The summed E-state index contributed by atoms with van der Waals surface area (Å²) in [4.78, 5) is 16.7. The first-order valence-corrected chi connectivity index (χ1v) is 6.56. The van der Waals surface area contributed by atoms with Crippen LogP contribution in [0.25, 0.3) is 0 Å². The summed E-state index contributed by atoms with van der Waals surface area (Å²) < 4.78 is 16.6. The van der Waals surface area contributed by atoms with E-state index in [1.54, 1.807) is 0 Å². The Kier molecular flexibility index (Phi) is 7.58. The van der Waals surface area contributed by atoms with Gasteiger partial charge in [-0.3, -0.25) is 4.52 Å². The van der Waals surface area contributed by atoms with Crippen molar-refractivity contribution in [2.75, 3.05) is 19.7 Å². The van der Waals surface area contributed by atoms with Crippen molar-refractivity contribution in [3.8, 4) is 0 Å². The number of rotatable bonds is 7. The second-order valence-corrected chi connectivity index (χ2v) is 5.14. The highest BCUT2D eigenvalue weighted by atomic mass is 127. The van der Waals surface area contributed by atoms with Gasteiger partial charge in [0.2, 0.25) is 0 Å². The van der Waals surface area contributed by atoms with Crippen LogP contribution in [-0.4, -0.2) is 32.6 Å². The molecule has 0 atom stereocenters. The van der Waals surface area contributed by atoms with Crippen LogP contribution in [0.3, 0.4) is 0 Å². The Balaban J connectivity index is 3.22. The van der Waals surface area contributed by atoms with Crippen molar-refractivity contribution in [2.24, 2.45) is 0 Å². The van der Waals surface area contributed by atoms with Crippen molar-refractivity contribution in [1.29, 1.82) is 0 Å². The fourth-order valence-electron chi connectivity index (χ4n) is 0.727. The van der Waals surface area contributed by atoms with Crippen LogP contribution in [-0.2, 0) is 9.09 Å². The van der Waals surface area contributed by atoms with Crippen molar-refractivity contribution in [2.45, 2.75) is 19.8 Å². The molecule has 0 fully saturated rings. The highest BCUT2D eigenvalue weighted by Crippen LogP contribution is 2.35. The van der Waals surface area contributed by atoms with E-state index in [0.717, 1.165) is 19.5 Å². The molecule has 0 aliphatic heterocycles. The Bertz CT molecular complexity index is 174. The standard InChI is InChI=1S/C6H15INO4P/c1-2-8(7)5-3-4-6-12-13(9,10)11/h2-6H2,1H3,(H2,9,10,11). The molecule has 0 bridgehead atoms. The lowest BCUT2D eigenvalue weighted by molar-refractivity contribution is 0.193. The molecule has 0 heterocycles. The van der Waals surface area contributed by atoms with Crippen LogP contribution in [0.2, 0.25) is 0 Å². The van der Waals surface area contributed by atoms with Gasteiger partial charge in [-0.1, -0.05) is 6.92 Å². The Morgan fingerprint density at radius 2 is 2.08 bits per heavy atom. The molecule has 0 spiro atoms. The lowest BCUT2D eigenvalue weighted by Gasteiger charge is -2.10. The molecule has 0 aliphatic carbocycles. The number of unbranched alkanes of at least 4 members (excludes halogenated alkanes) is 1. The number of hydrogen-bond acceptors (Lipinski definition) is 3. The second-order valence-electron chi connectivity index (χ2n) is 2.53. The van der Waals surface area contributed by atoms with Gasteiger partial charge in [-0.2, -0.15) is 0 Å². The maximum absolute atomic E-state index is 10.2. The van der Waals surface area contributed by atoms with E-state index >= 15 is 0 Å². The summed E-state index contributed by atoms with van der Waals surface area (Å²) in [6.45, 7) is 4.07. The van der Waals surface area contributed by atoms with Gasteiger partial charge in [0, 0.05) is 36.0 Å². The molecule has 0 aliphatic rings. The molecule has 0 aromatic carbocycles. The lowest BCUT2D eigenvalue weighted by atomic mass is 10.3. The molecule has 0 saturated carbocycles. The average molecular weight is 323 g/mol. The first-order valence-electron chi connectivity index (χ1n) is 4.06. The highest BCUT2D eigenvalue weighted by Gasteiger charge is 2.12. The predicted octanol–water partition coefficient (Wildman–Crippen LogP) is 1.55. The maximum Gasteiger partial charge on any atom is 0.469 e. The lowest BCUT2D eigenvalue weighted by Crippen LogP contribution is -2.12. The number of hydrogen-bond donors (Lipinski definition) is 2. The molecule has 0 radical (unpaired) electrons. The van der Waals surface area contributed by atoms with Gasteiger partial charge in [0.1, 0.15) is 0 Å². The topological polar surface area (TPSA) is 70.0 Å². The fraction of sp³-hybridized carbons (Fsp3) is 1.00. The molecule has 0 amide bonds. The summed E-state index contributed by atoms with van der Waals surface area (Å²) in [7, 11) is -4.25. The molecule has 0 aromatic rings. The molecular formula is C6H15INO4P. The number of halogens is 1. The van der Waals surface area contributed by atoms with Crippen LogP contribution >= 0.6 is 30.7 Å². The normalized spacial score (nSPS) is 12.4. The van der Waals surface area contributed by atoms with Gasteiger partial charge in [0.05, 0.1) is 6.61 Å². The maximum atomic E-state index is 10.2. The molecule has 80 valence electrons. The molecule has 0 aromatic heterocycles. The van der Waals surface area contributed by atoms with E-state index in [4.69, 9.17) is 9.79 Å². The summed E-state index contributed by atoms with van der Waals surface area (Å²) in [5.41, 5.74) is 0. The molecule has 0 rings (SSSR count). The Labute approximate surface area is 92.2 Å². The minimum Gasteiger partial charge on any atom is -0.303 e. The predicted molar refractivity (Wildman–Crippen MR) is 58.5 cm³/mol. The van der Waals surface area contributed by atoms with Crippen LogP contribution in [0.5, 0.6) is 0 Å². The summed E-state index contributed by atoms with van der Waals surface area (Å²) in [5, 5.41) is 0. The van der Waals surface area contributed by atoms with Gasteiger partial charge in [-0.25, -0.2) is 7.68 Å². The number of nitrogens with zero attached hydrogens (tertiary/aromatic N) is 1. The first kappa shape index (κ1) is 13.8. The zero-order chi connectivity index (χ0) is 10.3. The number of phosphoric ester groups is 1. The summed E-state index contributed by atoms with van der Waals surface area (Å²) >= 11 is 2.21. The van der Waals surface area contributed by atoms with Gasteiger partial charge in [-0.05, 0) is 12.8 Å². The van der Waals surface area contributed by atoms with Gasteiger partial charge >= 0.3 is 7.82 Å². The summed E-state index contributed by atoms with van der Waals surface area (Å²) in [6, 6.07) is 0. The smallest absolute Gasteiger partial charge is 0.303 e. The van der Waals surface area contributed by atoms with Crippen molar-refractivity contribution < 1.29 is 18.9 Å². The largest absolute Gasteiger partial charge is 0.469 e. The Morgan fingerprint density at radius 1 is 1.46 bits per heavy atom. The van der Waals surface area contributed by atoms with Crippen LogP contribution in [0.15, 0.2) is 0 Å². The summed E-state index contributed by atoms with van der Waals surface area (Å²) in [5.74, 6) is 0. The minimum absolute atomic E-state index is 0.123. The third-order valence-corrected chi connectivity index (χ3v) is 3.08. The minimum atomic E-state index is -4.25. The van der Waals surface area contributed by atoms with Gasteiger partial charge in [-0.15, -0.1) is 0 Å². The highest BCUT2D eigenvalue weighted by molar-refractivity contribution is 14.1. The molecule has 7 heteroatoms. The summed E-state index contributed by atoms with van der Waals surface area (Å²) in [6.07, 6.45) is 1.56. The van der Waals surface area contributed by atoms with Gasteiger partial charge in [0.25, 0.3) is 0 Å². The van der Waals surface area contributed by atoms with Crippen molar-refractivity contribution in [1.82, 2.24) is 3.11 Å². The quantitative estimate of drug-likeness (QED) is 0.322. The van der Waals surface area contributed by atoms with Crippen molar-refractivity contribution >= 4 is 30.7 Å². The van der Waals surface area contributed by atoms with E-state index in [0.29, 0.717) is 6.42 Å². The third-order valence-electron chi connectivity index (χ3n) is 1.40. The second kappa shape index (κ2) is 7.14. The first-order chi connectivity index (χ1) is 5.95. The molecular weight excluding hydrogens is 308 g/mol. The molecule has 2 N–H and O–H groups in total. The number of phosphoric acid groups is 1.